The molecule has 0 aliphatic heterocycles. The van der Waals surface area contributed by atoms with E-state index in [1.807, 2.05) is 11.7 Å². The second-order valence-corrected chi connectivity index (χ2v) is 4.94. The van der Waals surface area contributed by atoms with Crippen LogP contribution < -0.4 is 5.32 Å². The van der Waals surface area contributed by atoms with Gasteiger partial charge in [0, 0.05) is 20.2 Å². The summed E-state index contributed by atoms with van der Waals surface area (Å²) in [6.07, 6.45) is 4.04. The van der Waals surface area contributed by atoms with Gasteiger partial charge in [-0.25, -0.2) is 0 Å². The number of aliphatic hydroxyl groups is 1. The van der Waals surface area contributed by atoms with E-state index in [0.29, 0.717) is 6.61 Å². The van der Waals surface area contributed by atoms with Gasteiger partial charge in [-0.2, -0.15) is 5.10 Å². The van der Waals surface area contributed by atoms with Gasteiger partial charge in [0.2, 0.25) is 0 Å². The number of hydrogen-bond donors (Lipinski definition) is 2. The van der Waals surface area contributed by atoms with Crippen LogP contribution in [0.15, 0.2) is 4.47 Å². The van der Waals surface area contributed by atoms with Gasteiger partial charge in [-0.3, -0.25) is 4.68 Å². The molecular weight excluding hydrogens is 282 g/mol. The number of aromatic nitrogens is 2. The number of hydrogen-bond acceptors (Lipinski definition) is 3. The first-order valence-electron chi connectivity index (χ1n) is 6.22. The van der Waals surface area contributed by atoms with E-state index in [9.17, 15) is 0 Å². The van der Waals surface area contributed by atoms with Gasteiger partial charge < -0.3 is 10.4 Å². The molecule has 0 saturated heterocycles. The average Bonchev–Trinajstić information content (AvgIpc) is 2.60. The topological polar surface area (TPSA) is 50.1 Å². The largest absolute Gasteiger partial charge is 0.396 e. The van der Waals surface area contributed by atoms with Crippen molar-refractivity contribution >= 4 is 15.9 Å². The molecule has 0 spiro atoms. The fourth-order valence-electron chi connectivity index (χ4n) is 1.76. The van der Waals surface area contributed by atoms with E-state index in [1.54, 1.807) is 0 Å². The first-order valence-corrected chi connectivity index (χ1v) is 7.01. The molecule has 0 radical (unpaired) electrons. The fourth-order valence-corrected chi connectivity index (χ4v) is 2.51. The minimum atomic E-state index is 0.299. The highest BCUT2D eigenvalue weighted by atomic mass is 79.9. The van der Waals surface area contributed by atoms with Gasteiger partial charge in [-0.1, -0.05) is 6.92 Å². The Hall–Kier alpha value is -0.390. The lowest BCUT2D eigenvalue weighted by molar-refractivity contribution is 0.283. The van der Waals surface area contributed by atoms with Crippen LogP contribution in [-0.2, 0) is 20.0 Å². The van der Waals surface area contributed by atoms with E-state index >= 15 is 0 Å². The first kappa shape index (κ1) is 14.7. The van der Waals surface area contributed by atoms with Crippen LogP contribution >= 0.6 is 15.9 Å². The molecule has 1 aromatic heterocycles. The Labute approximate surface area is 112 Å². The Kier molecular flexibility index (Phi) is 6.77. The maximum Gasteiger partial charge on any atom is 0.0767 e. The van der Waals surface area contributed by atoms with Crippen LogP contribution in [0.4, 0.5) is 0 Å². The Morgan fingerprint density at radius 3 is 2.71 bits per heavy atom. The highest BCUT2D eigenvalue weighted by Crippen LogP contribution is 2.21. The Morgan fingerprint density at radius 1 is 1.35 bits per heavy atom. The van der Waals surface area contributed by atoms with Gasteiger partial charge in [0.15, 0.2) is 0 Å². The molecular formula is C12H22BrN3O. The number of rotatable bonds is 8. The fraction of sp³-hybridized carbons (Fsp3) is 0.750. The summed E-state index contributed by atoms with van der Waals surface area (Å²) in [6, 6.07) is 0. The average molecular weight is 304 g/mol. The smallest absolute Gasteiger partial charge is 0.0767 e. The summed E-state index contributed by atoms with van der Waals surface area (Å²) in [5.41, 5.74) is 2.31. The van der Waals surface area contributed by atoms with Crippen molar-refractivity contribution in [1.29, 1.82) is 0 Å². The van der Waals surface area contributed by atoms with Crippen LogP contribution in [0.2, 0.25) is 0 Å². The summed E-state index contributed by atoms with van der Waals surface area (Å²) in [4.78, 5) is 0. The number of aryl methyl sites for hydroxylation is 2. The number of unbranched alkanes of at least 4 members (excludes halogenated alkanes) is 2. The summed E-state index contributed by atoms with van der Waals surface area (Å²) in [7, 11) is 1.98. The molecule has 0 fully saturated rings. The molecule has 0 aromatic carbocycles. The molecule has 1 aromatic rings. The highest BCUT2D eigenvalue weighted by Gasteiger charge is 2.11. The van der Waals surface area contributed by atoms with Crippen molar-refractivity contribution in [2.45, 2.75) is 39.2 Å². The Morgan fingerprint density at radius 2 is 2.12 bits per heavy atom. The van der Waals surface area contributed by atoms with Crippen LogP contribution in [0, 0.1) is 0 Å². The number of halogens is 1. The van der Waals surface area contributed by atoms with Crippen LogP contribution in [0.5, 0.6) is 0 Å². The van der Waals surface area contributed by atoms with Gasteiger partial charge in [-0.05, 0) is 48.2 Å². The molecule has 4 nitrogen and oxygen atoms in total. The summed E-state index contributed by atoms with van der Waals surface area (Å²) < 4.78 is 3.06. The second-order valence-electron chi connectivity index (χ2n) is 4.15. The van der Waals surface area contributed by atoms with Gasteiger partial charge in [0.05, 0.1) is 15.9 Å². The summed E-state index contributed by atoms with van der Waals surface area (Å²) in [5, 5.41) is 16.5. The molecule has 5 heteroatoms. The van der Waals surface area contributed by atoms with E-state index in [4.69, 9.17) is 5.11 Å². The van der Waals surface area contributed by atoms with Crippen LogP contribution in [0.25, 0.3) is 0 Å². The summed E-state index contributed by atoms with van der Waals surface area (Å²) in [6.45, 7) is 4.23. The maximum absolute atomic E-state index is 8.67. The zero-order chi connectivity index (χ0) is 12.7. The van der Waals surface area contributed by atoms with Crippen LogP contribution in [0.3, 0.4) is 0 Å². The summed E-state index contributed by atoms with van der Waals surface area (Å²) in [5.74, 6) is 0. The molecule has 1 heterocycles. The normalized spacial score (nSPS) is 11.1. The highest BCUT2D eigenvalue weighted by molar-refractivity contribution is 9.10. The minimum absolute atomic E-state index is 0.299. The van der Waals surface area contributed by atoms with Gasteiger partial charge >= 0.3 is 0 Å². The summed E-state index contributed by atoms with van der Waals surface area (Å²) >= 11 is 3.60. The van der Waals surface area contributed by atoms with Crippen molar-refractivity contribution in [2.24, 2.45) is 7.05 Å². The van der Waals surface area contributed by atoms with E-state index in [2.05, 4.69) is 33.3 Å². The molecule has 17 heavy (non-hydrogen) atoms. The Balaban J connectivity index is 2.34. The van der Waals surface area contributed by atoms with Crippen LogP contribution in [-0.4, -0.2) is 28.0 Å². The van der Waals surface area contributed by atoms with E-state index in [1.165, 1.54) is 5.69 Å². The maximum atomic E-state index is 8.67. The molecule has 98 valence electrons. The molecule has 0 saturated carbocycles. The van der Waals surface area contributed by atoms with Crippen molar-refractivity contribution in [1.82, 2.24) is 15.1 Å². The van der Waals surface area contributed by atoms with Gasteiger partial charge in [0.25, 0.3) is 0 Å². The van der Waals surface area contributed by atoms with Crippen molar-refractivity contribution in [3.8, 4) is 0 Å². The molecule has 0 aliphatic carbocycles. The van der Waals surface area contributed by atoms with Crippen LogP contribution in [0.1, 0.15) is 37.6 Å². The predicted molar refractivity (Wildman–Crippen MR) is 72.9 cm³/mol. The lowest BCUT2D eigenvalue weighted by Gasteiger charge is -2.05. The Bertz CT molecular complexity index is 339. The monoisotopic (exact) mass is 303 g/mol. The van der Waals surface area contributed by atoms with Crippen molar-refractivity contribution in [3.63, 3.8) is 0 Å². The number of aliphatic hydroxyl groups excluding tert-OH is 1. The van der Waals surface area contributed by atoms with E-state index in [-0.39, 0.29) is 0 Å². The molecule has 0 atom stereocenters. The molecule has 2 N–H and O–H groups in total. The standard InChI is InChI=1S/C12H22BrN3O/c1-3-10-12(13)11(16(2)15-10)9-14-7-5-4-6-8-17/h14,17H,3-9H2,1-2H3. The quantitative estimate of drug-likeness (QED) is 0.722. The number of nitrogens with one attached hydrogen (secondary N) is 1. The lowest BCUT2D eigenvalue weighted by Crippen LogP contribution is -2.17. The predicted octanol–water partition coefficient (Wildman–Crippen LogP) is 2.00. The molecule has 0 aliphatic rings. The third kappa shape index (κ3) is 4.41. The van der Waals surface area contributed by atoms with Crippen molar-refractivity contribution in [2.75, 3.05) is 13.2 Å². The molecule has 0 amide bonds. The third-order valence-corrected chi connectivity index (χ3v) is 3.72. The van der Waals surface area contributed by atoms with E-state index in [0.717, 1.165) is 48.9 Å². The van der Waals surface area contributed by atoms with Gasteiger partial charge in [-0.15, -0.1) is 0 Å². The molecule has 0 unspecified atom stereocenters. The molecule has 1 rings (SSSR count). The second kappa shape index (κ2) is 7.84. The minimum Gasteiger partial charge on any atom is -0.396 e. The lowest BCUT2D eigenvalue weighted by atomic mass is 10.2. The van der Waals surface area contributed by atoms with Crippen molar-refractivity contribution in [3.05, 3.63) is 15.9 Å². The van der Waals surface area contributed by atoms with Gasteiger partial charge in [0.1, 0.15) is 0 Å². The zero-order valence-electron chi connectivity index (χ0n) is 10.7. The SMILES string of the molecule is CCc1nn(C)c(CNCCCCCO)c1Br. The molecule has 0 bridgehead atoms. The van der Waals surface area contributed by atoms with Crippen molar-refractivity contribution < 1.29 is 5.11 Å². The zero-order valence-corrected chi connectivity index (χ0v) is 12.3. The third-order valence-electron chi connectivity index (χ3n) is 2.81. The van der Waals surface area contributed by atoms with E-state index < -0.39 is 0 Å². The first-order chi connectivity index (χ1) is 8.20. The number of nitrogens with zero attached hydrogens (tertiary/aromatic N) is 2.